The molecule has 1 fully saturated rings. The lowest BCUT2D eigenvalue weighted by Crippen LogP contribution is -2.30. The maximum atomic E-state index is 6.07. The van der Waals surface area contributed by atoms with Crippen molar-refractivity contribution in [2.24, 2.45) is 5.92 Å². The minimum atomic E-state index is 0.547. The van der Waals surface area contributed by atoms with E-state index in [1.807, 2.05) is 18.2 Å². The number of nitrogens with one attached hydrogen (secondary N) is 1. The lowest BCUT2D eigenvalue weighted by atomic mass is 9.86. The third-order valence-corrected chi connectivity index (χ3v) is 5.00. The molecule has 2 aromatic rings. The van der Waals surface area contributed by atoms with Crippen LogP contribution in [0.2, 0.25) is 0 Å². The van der Waals surface area contributed by atoms with E-state index in [9.17, 15) is 0 Å². The molecule has 3 N–H and O–H groups in total. The Morgan fingerprint density at radius 3 is 2.70 bits per heavy atom. The van der Waals surface area contributed by atoms with Crippen molar-refractivity contribution in [2.75, 3.05) is 11.1 Å². The summed E-state index contributed by atoms with van der Waals surface area (Å²) in [7, 11) is 0. The fourth-order valence-electron chi connectivity index (χ4n) is 2.98. The summed E-state index contributed by atoms with van der Waals surface area (Å²) in [6, 6.07) is 10.8. The van der Waals surface area contributed by atoms with Crippen molar-refractivity contribution in [3.63, 3.8) is 0 Å². The summed E-state index contributed by atoms with van der Waals surface area (Å²) in [5.74, 6) is 1.35. The van der Waals surface area contributed by atoms with Gasteiger partial charge in [0.2, 0.25) is 0 Å². The van der Waals surface area contributed by atoms with Gasteiger partial charge in [0.15, 0.2) is 0 Å². The summed E-state index contributed by atoms with van der Waals surface area (Å²) in [4.78, 5) is 0. The first-order valence-corrected chi connectivity index (χ1v) is 8.10. The van der Waals surface area contributed by atoms with Gasteiger partial charge in [-0.1, -0.05) is 50.1 Å². The second-order valence-electron chi connectivity index (χ2n) is 5.65. The van der Waals surface area contributed by atoms with Crippen LogP contribution >= 0.6 is 11.5 Å². The van der Waals surface area contributed by atoms with Gasteiger partial charge in [-0.3, -0.25) is 0 Å². The summed E-state index contributed by atoms with van der Waals surface area (Å²) in [5.41, 5.74) is 8.28. The van der Waals surface area contributed by atoms with Gasteiger partial charge in [0.05, 0.1) is 5.56 Å². The van der Waals surface area contributed by atoms with Gasteiger partial charge in [-0.25, -0.2) is 0 Å². The zero-order chi connectivity index (χ0) is 13.9. The number of hydrogen-bond acceptors (Lipinski definition) is 4. The Kier molecular flexibility index (Phi) is 3.92. The topological polar surface area (TPSA) is 50.9 Å². The highest BCUT2D eigenvalue weighted by atomic mass is 32.1. The molecule has 20 heavy (non-hydrogen) atoms. The van der Waals surface area contributed by atoms with Crippen LogP contribution in [0.3, 0.4) is 0 Å². The molecular formula is C16H21N3S. The Labute approximate surface area is 124 Å². The van der Waals surface area contributed by atoms with Crippen molar-refractivity contribution < 1.29 is 0 Å². The molecule has 0 radical (unpaired) electrons. The van der Waals surface area contributed by atoms with Crippen LogP contribution in [-0.2, 0) is 0 Å². The van der Waals surface area contributed by atoms with Gasteiger partial charge < -0.3 is 11.1 Å². The summed E-state index contributed by atoms with van der Waals surface area (Å²) in [6.07, 6.45) is 5.23. The minimum Gasteiger partial charge on any atom is -0.382 e. The zero-order valence-corrected chi connectivity index (χ0v) is 12.6. The first kappa shape index (κ1) is 13.4. The molecule has 1 aromatic heterocycles. The molecule has 0 saturated heterocycles. The maximum Gasteiger partial charge on any atom is 0.147 e. The third kappa shape index (κ3) is 2.66. The van der Waals surface area contributed by atoms with E-state index >= 15 is 0 Å². The quantitative estimate of drug-likeness (QED) is 0.880. The molecule has 0 aliphatic heterocycles. The maximum absolute atomic E-state index is 6.07. The smallest absolute Gasteiger partial charge is 0.147 e. The number of benzene rings is 1. The summed E-state index contributed by atoms with van der Waals surface area (Å²) in [6.45, 7) is 2.34. The van der Waals surface area contributed by atoms with E-state index in [1.54, 1.807) is 0 Å². The Bertz CT molecular complexity index is 564. The minimum absolute atomic E-state index is 0.547. The van der Waals surface area contributed by atoms with Crippen LogP contribution in [0, 0.1) is 5.92 Å². The van der Waals surface area contributed by atoms with Crippen molar-refractivity contribution in [2.45, 2.75) is 38.6 Å². The molecule has 1 aliphatic carbocycles. The van der Waals surface area contributed by atoms with Gasteiger partial charge in [-0.15, -0.1) is 0 Å². The second kappa shape index (κ2) is 5.83. The van der Waals surface area contributed by atoms with Crippen molar-refractivity contribution in [1.29, 1.82) is 0 Å². The average Bonchev–Trinajstić information content (AvgIpc) is 2.83. The summed E-state index contributed by atoms with van der Waals surface area (Å²) < 4.78 is 4.34. The Balaban J connectivity index is 1.87. The Morgan fingerprint density at radius 2 is 1.95 bits per heavy atom. The number of nitrogen functional groups attached to an aromatic ring is 1. The van der Waals surface area contributed by atoms with Crippen LogP contribution in [0.15, 0.2) is 30.3 Å². The largest absolute Gasteiger partial charge is 0.382 e. The van der Waals surface area contributed by atoms with Gasteiger partial charge in [0.1, 0.15) is 10.8 Å². The number of rotatable bonds is 3. The molecule has 4 heteroatoms. The van der Waals surface area contributed by atoms with Crippen molar-refractivity contribution in [1.82, 2.24) is 4.37 Å². The standard InChI is InChI=1S/C16H21N3S/c1-11-7-5-6-10-13(11)18-16-14(15(17)19-20-16)12-8-3-2-4-9-12/h2-4,8-9,11,13,18H,5-7,10H2,1H3,(H2,17,19). The van der Waals surface area contributed by atoms with Gasteiger partial charge in [0, 0.05) is 6.04 Å². The van der Waals surface area contributed by atoms with Crippen molar-refractivity contribution in [3.05, 3.63) is 30.3 Å². The van der Waals surface area contributed by atoms with Crippen LogP contribution in [-0.4, -0.2) is 10.4 Å². The Hall–Kier alpha value is -1.55. The highest BCUT2D eigenvalue weighted by Gasteiger charge is 2.23. The number of hydrogen-bond donors (Lipinski definition) is 2. The molecule has 0 spiro atoms. The van der Waals surface area contributed by atoms with E-state index in [2.05, 4.69) is 28.7 Å². The van der Waals surface area contributed by atoms with Gasteiger partial charge >= 0.3 is 0 Å². The molecule has 3 rings (SSSR count). The highest BCUT2D eigenvalue weighted by molar-refractivity contribution is 7.11. The molecule has 1 saturated carbocycles. The monoisotopic (exact) mass is 287 g/mol. The normalized spacial score (nSPS) is 22.6. The van der Waals surface area contributed by atoms with Crippen LogP contribution in [0.4, 0.5) is 10.8 Å². The molecule has 1 aliphatic rings. The molecule has 106 valence electrons. The van der Waals surface area contributed by atoms with E-state index in [1.165, 1.54) is 37.2 Å². The molecule has 0 bridgehead atoms. The fourth-order valence-corrected chi connectivity index (χ4v) is 3.78. The van der Waals surface area contributed by atoms with E-state index in [4.69, 9.17) is 5.73 Å². The molecule has 3 nitrogen and oxygen atoms in total. The Morgan fingerprint density at radius 1 is 1.20 bits per heavy atom. The van der Waals surface area contributed by atoms with E-state index < -0.39 is 0 Å². The van der Waals surface area contributed by atoms with Crippen LogP contribution < -0.4 is 11.1 Å². The van der Waals surface area contributed by atoms with E-state index in [-0.39, 0.29) is 0 Å². The number of nitrogens with two attached hydrogens (primary N) is 1. The molecule has 2 atom stereocenters. The predicted octanol–water partition coefficient (Wildman–Crippen LogP) is 4.38. The number of nitrogens with zero attached hydrogens (tertiary/aromatic N) is 1. The molecule has 1 heterocycles. The number of aromatic nitrogens is 1. The van der Waals surface area contributed by atoms with Crippen LogP contribution in [0.5, 0.6) is 0 Å². The molecule has 0 amide bonds. The predicted molar refractivity (Wildman–Crippen MR) is 87.0 cm³/mol. The van der Waals surface area contributed by atoms with Gasteiger partial charge in [-0.05, 0) is 35.9 Å². The van der Waals surface area contributed by atoms with Gasteiger partial charge in [-0.2, -0.15) is 4.37 Å². The third-order valence-electron chi connectivity index (χ3n) is 4.21. The lowest BCUT2D eigenvalue weighted by molar-refractivity contribution is 0.350. The average molecular weight is 287 g/mol. The zero-order valence-electron chi connectivity index (χ0n) is 11.8. The molecule has 2 unspecified atom stereocenters. The highest BCUT2D eigenvalue weighted by Crippen LogP contribution is 2.38. The lowest BCUT2D eigenvalue weighted by Gasteiger charge is -2.30. The van der Waals surface area contributed by atoms with Crippen molar-refractivity contribution >= 4 is 22.4 Å². The summed E-state index contributed by atoms with van der Waals surface area (Å²) in [5, 5.41) is 4.81. The van der Waals surface area contributed by atoms with Gasteiger partial charge in [0.25, 0.3) is 0 Å². The SMILES string of the molecule is CC1CCCCC1Nc1snc(N)c1-c1ccccc1. The van der Waals surface area contributed by atoms with E-state index in [0.29, 0.717) is 11.9 Å². The molecular weight excluding hydrogens is 266 g/mol. The fraction of sp³-hybridized carbons (Fsp3) is 0.438. The second-order valence-corrected chi connectivity index (χ2v) is 6.42. The van der Waals surface area contributed by atoms with Crippen LogP contribution in [0.1, 0.15) is 32.6 Å². The summed E-state index contributed by atoms with van der Waals surface area (Å²) >= 11 is 1.48. The van der Waals surface area contributed by atoms with E-state index in [0.717, 1.165) is 22.0 Å². The first-order valence-electron chi connectivity index (χ1n) is 7.33. The van der Waals surface area contributed by atoms with Crippen molar-refractivity contribution in [3.8, 4) is 11.1 Å². The molecule has 1 aromatic carbocycles. The van der Waals surface area contributed by atoms with Crippen LogP contribution in [0.25, 0.3) is 11.1 Å². The first-order chi connectivity index (χ1) is 9.75. The number of anilines is 2.